The molecule has 0 aliphatic heterocycles. The Morgan fingerprint density at radius 1 is 1.23 bits per heavy atom. The first-order valence-electron chi connectivity index (χ1n) is 6.53. The van der Waals surface area contributed by atoms with Crippen LogP contribution in [0.5, 0.6) is 0 Å². The van der Waals surface area contributed by atoms with Gasteiger partial charge in [-0.1, -0.05) is 29.3 Å². The second kappa shape index (κ2) is 6.67. The molecule has 118 valence electrons. The van der Waals surface area contributed by atoms with Crippen LogP contribution in [0.3, 0.4) is 0 Å². The second-order valence-electron chi connectivity index (χ2n) is 5.15. The third-order valence-electron chi connectivity index (χ3n) is 3.61. The van der Waals surface area contributed by atoms with Crippen molar-refractivity contribution in [2.75, 3.05) is 0 Å². The molecular formula is C15H13Cl3F2N2. The molecule has 1 aliphatic carbocycles. The third kappa shape index (κ3) is 3.20. The molecule has 2 aromatic rings. The van der Waals surface area contributed by atoms with Crippen molar-refractivity contribution in [1.29, 1.82) is 0 Å². The number of hydrogen-bond donors (Lipinski definition) is 1. The summed E-state index contributed by atoms with van der Waals surface area (Å²) in [6, 6.07) is 3.25. The molecule has 0 saturated heterocycles. The fourth-order valence-electron chi connectivity index (χ4n) is 2.25. The quantitative estimate of drug-likeness (QED) is 0.776. The van der Waals surface area contributed by atoms with Gasteiger partial charge in [0.15, 0.2) is 0 Å². The van der Waals surface area contributed by atoms with E-state index in [0.717, 1.165) is 24.6 Å². The van der Waals surface area contributed by atoms with E-state index < -0.39 is 22.7 Å². The molecular weight excluding hydrogens is 353 g/mol. The number of pyridine rings is 1. The SMILES string of the molecule is Cl.NC(c1cnc(C2CC2)c(Cl)c1)c1ccc(F)c(Cl)c1F. The van der Waals surface area contributed by atoms with E-state index in [-0.39, 0.29) is 18.0 Å². The lowest BCUT2D eigenvalue weighted by molar-refractivity contribution is 0.566. The first-order chi connectivity index (χ1) is 9.99. The summed E-state index contributed by atoms with van der Waals surface area (Å²) in [5.41, 5.74) is 7.55. The maximum Gasteiger partial charge on any atom is 0.149 e. The van der Waals surface area contributed by atoms with Crippen LogP contribution in [0.15, 0.2) is 24.4 Å². The predicted octanol–water partition coefficient (Wildman–Crippen LogP) is 5.01. The van der Waals surface area contributed by atoms with Gasteiger partial charge in [0.25, 0.3) is 0 Å². The van der Waals surface area contributed by atoms with Crippen molar-refractivity contribution in [3.8, 4) is 0 Å². The molecule has 7 heteroatoms. The molecule has 0 bridgehead atoms. The summed E-state index contributed by atoms with van der Waals surface area (Å²) in [6.07, 6.45) is 3.75. The normalized spacial score (nSPS) is 15.3. The molecule has 1 heterocycles. The van der Waals surface area contributed by atoms with Crippen LogP contribution in [-0.4, -0.2) is 4.98 Å². The van der Waals surface area contributed by atoms with Crippen molar-refractivity contribution in [2.24, 2.45) is 5.73 Å². The summed E-state index contributed by atoms with van der Waals surface area (Å²) in [7, 11) is 0. The molecule has 1 atom stereocenters. The number of nitrogens with zero attached hydrogens (tertiary/aromatic N) is 1. The molecule has 0 radical (unpaired) electrons. The minimum absolute atomic E-state index is 0. The summed E-state index contributed by atoms with van der Waals surface area (Å²) < 4.78 is 27.2. The number of rotatable bonds is 3. The molecule has 2 N–H and O–H groups in total. The van der Waals surface area contributed by atoms with Gasteiger partial charge in [0, 0.05) is 17.7 Å². The Morgan fingerprint density at radius 3 is 2.50 bits per heavy atom. The molecule has 1 fully saturated rings. The monoisotopic (exact) mass is 364 g/mol. The predicted molar refractivity (Wildman–Crippen MR) is 85.9 cm³/mol. The van der Waals surface area contributed by atoms with Gasteiger partial charge in [-0.2, -0.15) is 0 Å². The van der Waals surface area contributed by atoms with Gasteiger partial charge in [0.1, 0.15) is 16.7 Å². The van der Waals surface area contributed by atoms with Crippen molar-refractivity contribution in [2.45, 2.75) is 24.8 Å². The van der Waals surface area contributed by atoms with Crippen LogP contribution >= 0.6 is 35.6 Å². The Kier molecular flexibility index (Phi) is 5.28. The standard InChI is InChI=1S/C15H12Cl2F2N2.ClH/c16-10-5-8(6-21-15(10)7-1-2-7)14(20)9-3-4-11(18)12(17)13(9)19;/h3-7,14H,1-2,20H2;1H. The van der Waals surface area contributed by atoms with Crippen molar-refractivity contribution >= 4 is 35.6 Å². The molecule has 1 aromatic heterocycles. The van der Waals surface area contributed by atoms with E-state index in [2.05, 4.69) is 4.98 Å². The summed E-state index contributed by atoms with van der Waals surface area (Å²) in [5.74, 6) is -1.25. The number of aromatic nitrogens is 1. The van der Waals surface area contributed by atoms with Crippen LogP contribution in [0.25, 0.3) is 0 Å². The number of nitrogens with two attached hydrogens (primary N) is 1. The van der Waals surface area contributed by atoms with Crippen LogP contribution in [0.2, 0.25) is 10.0 Å². The van der Waals surface area contributed by atoms with Crippen molar-refractivity contribution < 1.29 is 8.78 Å². The summed E-state index contributed by atoms with van der Waals surface area (Å²) in [5, 5.41) is -0.0318. The maximum atomic E-state index is 14.0. The molecule has 3 rings (SSSR count). The van der Waals surface area contributed by atoms with Crippen LogP contribution in [0.1, 0.15) is 41.6 Å². The number of hydrogen-bond acceptors (Lipinski definition) is 2. The van der Waals surface area contributed by atoms with Gasteiger partial charge in [-0.3, -0.25) is 4.98 Å². The van der Waals surface area contributed by atoms with Crippen LogP contribution in [0, 0.1) is 11.6 Å². The van der Waals surface area contributed by atoms with E-state index in [4.69, 9.17) is 28.9 Å². The average Bonchev–Trinajstić information content (AvgIpc) is 3.29. The third-order valence-corrected chi connectivity index (χ3v) is 4.26. The Hall–Kier alpha value is -0.940. The zero-order chi connectivity index (χ0) is 15.1. The molecule has 0 spiro atoms. The highest BCUT2D eigenvalue weighted by Gasteiger charge is 2.28. The summed E-state index contributed by atoms with van der Waals surface area (Å²) >= 11 is 11.8. The van der Waals surface area contributed by atoms with Crippen LogP contribution in [0.4, 0.5) is 8.78 Å². The lowest BCUT2D eigenvalue weighted by atomic mass is 10.00. The molecule has 1 saturated carbocycles. The Labute approximate surface area is 143 Å². The van der Waals surface area contributed by atoms with E-state index >= 15 is 0 Å². The summed E-state index contributed by atoms with van der Waals surface area (Å²) in [6.45, 7) is 0. The average molecular weight is 366 g/mol. The van der Waals surface area contributed by atoms with Gasteiger partial charge in [-0.15, -0.1) is 12.4 Å². The summed E-state index contributed by atoms with van der Waals surface area (Å²) in [4.78, 5) is 4.32. The fraction of sp³-hybridized carbons (Fsp3) is 0.267. The zero-order valence-corrected chi connectivity index (χ0v) is 13.7. The second-order valence-corrected chi connectivity index (χ2v) is 5.94. The van der Waals surface area contributed by atoms with Gasteiger partial charge >= 0.3 is 0 Å². The van der Waals surface area contributed by atoms with E-state index in [1.54, 1.807) is 12.3 Å². The smallest absolute Gasteiger partial charge is 0.149 e. The van der Waals surface area contributed by atoms with Crippen molar-refractivity contribution in [3.05, 3.63) is 62.9 Å². The highest BCUT2D eigenvalue weighted by atomic mass is 35.5. The van der Waals surface area contributed by atoms with Gasteiger partial charge in [-0.25, -0.2) is 8.78 Å². The lowest BCUT2D eigenvalue weighted by Gasteiger charge is -2.15. The Morgan fingerprint density at radius 2 is 1.91 bits per heavy atom. The van der Waals surface area contributed by atoms with E-state index in [1.165, 1.54) is 6.07 Å². The largest absolute Gasteiger partial charge is 0.320 e. The first kappa shape index (κ1) is 17.4. The zero-order valence-electron chi connectivity index (χ0n) is 11.3. The molecule has 1 aromatic carbocycles. The highest BCUT2D eigenvalue weighted by Crippen LogP contribution is 2.42. The number of halogens is 5. The topological polar surface area (TPSA) is 38.9 Å². The van der Waals surface area contributed by atoms with E-state index in [0.29, 0.717) is 16.5 Å². The lowest BCUT2D eigenvalue weighted by Crippen LogP contribution is -2.15. The van der Waals surface area contributed by atoms with Gasteiger partial charge < -0.3 is 5.73 Å². The molecule has 22 heavy (non-hydrogen) atoms. The van der Waals surface area contributed by atoms with Crippen molar-refractivity contribution in [3.63, 3.8) is 0 Å². The minimum atomic E-state index is -0.855. The van der Waals surface area contributed by atoms with Crippen LogP contribution < -0.4 is 5.73 Å². The highest BCUT2D eigenvalue weighted by molar-refractivity contribution is 6.31. The fourth-order valence-corrected chi connectivity index (χ4v) is 2.75. The van der Waals surface area contributed by atoms with Gasteiger partial charge in [0.2, 0.25) is 0 Å². The van der Waals surface area contributed by atoms with E-state index in [9.17, 15) is 8.78 Å². The minimum Gasteiger partial charge on any atom is -0.320 e. The van der Waals surface area contributed by atoms with Crippen LogP contribution in [-0.2, 0) is 0 Å². The first-order valence-corrected chi connectivity index (χ1v) is 7.29. The maximum absolute atomic E-state index is 14.0. The molecule has 2 nitrogen and oxygen atoms in total. The molecule has 1 unspecified atom stereocenters. The van der Waals surface area contributed by atoms with Gasteiger partial charge in [0.05, 0.1) is 16.8 Å². The van der Waals surface area contributed by atoms with Gasteiger partial charge in [-0.05, 0) is 30.5 Å². The van der Waals surface area contributed by atoms with Crippen molar-refractivity contribution in [1.82, 2.24) is 4.98 Å². The molecule has 1 aliphatic rings. The Balaban J connectivity index is 0.00000176. The number of benzene rings is 1. The Bertz CT molecular complexity index is 705. The molecule has 0 amide bonds. The van der Waals surface area contributed by atoms with E-state index in [1.807, 2.05) is 0 Å².